The second-order valence-corrected chi connectivity index (χ2v) is 15.6. The van der Waals surface area contributed by atoms with Crippen LogP contribution in [-0.4, -0.2) is 14.8 Å². The van der Waals surface area contributed by atoms with Gasteiger partial charge in [0.1, 0.15) is 0 Å². The topological polar surface area (TPSA) is 37.2 Å². The van der Waals surface area contributed by atoms with Gasteiger partial charge in [-0.2, -0.15) is 0 Å². The molecule has 5 heteroatoms. The van der Waals surface area contributed by atoms with Gasteiger partial charge in [0.25, 0.3) is 0 Å². The Bertz CT molecular complexity index is 2440. The molecule has 0 radical (unpaired) electrons. The average Bonchev–Trinajstić information content (AvgIpc) is 3.68. The van der Waals surface area contributed by atoms with Crippen LogP contribution in [0.3, 0.4) is 0 Å². The molecule has 2 aliphatic rings. The van der Waals surface area contributed by atoms with E-state index in [0.717, 1.165) is 34.0 Å². The molecule has 0 fully saturated rings. The monoisotopic (exact) mass is 711 g/mol. The fourth-order valence-corrected chi connectivity index (χ4v) is 8.79. The molecule has 0 atom stereocenters. The Kier molecular flexibility index (Phi) is 7.43. The van der Waals surface area contributed by atoms with Gasteiger partial charge in [0, 0.05) is 33.3 Å². The van der Waals surface area contributed by atoms with Gasteiger partial charge in [-0.15, -0.1) is 5.10 Å². The van der Waals surface area contributed by atoms with Gasteiger partial charge in [-0.3, -0.25) is 0 Å². The maximum atomic E-state index is 5.18. The molecule has 0 spiro atoms. The van der Waals surface area contributed by atoms with Crippen molar-refractivity contribution in [3.05, 3.63) is 198 Å². The quantitative estimate of drug-likeness (QED) is 0.178. The second kappa shape index (κ2) is 12.4. The van der Waals surface area contributed by atoms with E-state index in [1.807, 2.05) is 22.9 Å². The van der Waals surface area contributed by atoms with Crippen molar-refractivity contribution < 1.29 is 0 Å². The number of hydrogen-bond acceptors (Lipinski definition) is 4. The lowest BCUT2D eigenvalue weighted by molar-refractivity contribution is 0.631. The van der Waals surface area contributed by atoms with Crippen LogP contribution in [-0.2, 0) is 10.8 Å². The van der Waals surface area contributed by atoms with Crippen molar-refractivity contribution in [1.29, 1.82) is 0 Å². The summed E-state index contributed by atoms with van der Waals surface area (Å²) in [5, 5.41) is 5.13. The van der Waals surface area contributed by atoms with E-state index in [-0.39, 0.29) is 10.8 Å². The molecule has 0 saturated carbocycles. The lowest BCUT2D eigenvalue weighted by Crippen LogP contribution is -2.30. The molecule has 0 amide bonds. The fraction of sp³-hybridized carbons (Fsp3) is 0.120. The van der Waals surface area contributed by atoms with Gasteiger partial charge in [0.05, 0.1) is 28.4 Å². The summed E-state index contributed by atoms with van der Waals surface area (Å²) in [7, 11) is 0. The maximum absolute atomic E-state index is 5.18. The molecule has 55 heavy (non-hydrogen) atoms. The van der Waals surface area contributed by atoms with Gasteiger partial charge in [0.15, 0.2) is 11.6 Å². The molecular weight excluding hydrogens is 671 g/mol. The molecule has 7 aromatic carbocycles. The Hall–Kier alpha value is -6.72. The first-order valence-corrected chi connectivity index (χ1v) is 19.0. The Balaban J connectivity index is 1.06. The molecule has 3 heterocycles. The standard InChI is InChI=1S/C50H41N5/c1-49(2)39-18-8-12-22-43(39)53(44-23-13-9-19-40(44)49)36-28-26-35(27-29-36)48-51-47(34-16-6-5-7-17-34)52-55(48)38-32-30-37(31-33-38)54-45-24-14-10-20-41(45)50(3,4)42-21-11-15-25-46(42)54/h5-33H,1-4H3. The molecule has 2 aliphatic heterocycles. The highest BCUT2D eigenvalue weighted by Crippen LogP contribution is 2.53. The van der Waals surface area contributed by atoms with Gasteiger partial charge in [-0.05, 0) is 95.1 Å². The molecule has 5 nitrogen and oxygen atoms in total. The Morgan fingerprint density at radius 1 is 0.364 bits per heavy atom. The third kappa shape index (κ3) is 5.14. The van der Waals surface area contributed by atoms with E-state index in [0.29, 0.717) is 5.82 Å². The van der Waals surface area contributed by atoms with Crippen molar-refractivity contribution in [2.75, 3.05) is 9.80 Å². The molecule has 8 aromatic rings. The third-order valence-electron chi connectivity index (χ3n) is 11.6. The van der Waals surface area contributed by atoms with E-state index < -0.39 is 0 Å². The molecule has 1 aromatic heterocycles. The normalized spacial score (nSPS) is 14.8. The van der Waals surface area contributed by atoms with Crippen molar-refractivity contribution in [1.82, 2.24) is 14.8 Å². The van der Waals surface area contributed by atoms with E-state index in [4.69, 9.17) is 10.1 Å². The minimum Gasteiger partial charge on any atom is -0.310 e. The number of rotatable bonds is 5. The average molecular weight is 712 g/mol. The number of nitrogens with zero attached hydrogens (tertiary/aromatic N) is 5. The lowest BCUT2D eigenvalue weighted by atomic mass is 9.73. The summed E-state index contributed by atoms with van der Waals surface area (Å²) < 4.78 is 1.98. The van der Waals surface area contributed by atoms with Gasteiger partial charge < -0.3 is 9.80 Å². The summed E-state index contributed by atoms with van der Waals surface area (Å²) in [5.41, 5.74) is 14.9. The van der Waals surface area contributed by atoms with Crippen molar-refractivity contribution in [3.63, 3.8) is 0 Å². The highest BCUT2D eigenvalue weighted by Gasteiger charge is 2.38. The minimum atomic E-state index is -0.111. The number of fused-ring (bicyclic) bond motifs is 4. The van der Waals surface area contributed by atoms with Crippen LogP contribution in [0.15, 0.2) is 176 Å². The summed E-state index contributed by atoms with van der Waals surface area (Å²) in [6.07, 6.45) is 0. The highest BCUT2D eigenvalue weighted by atomic mass is 15.4. The number of para-hydroxylation sites is 4. The SMILES string of the molecule is CC1(C)c2ccccc2N(c2ccc(-c3nc(-c4ccccc4)nn3-c3ccc(N4c5ccccc5C(C)(C)c5ccccc54)cc3)cc2)c2ccccc21. The van der Waals surface area contributed by atoms with E-state index >= 15 is 0 Å². The molecule has 10 rings (SSSR count). The maximum Gasteiger partial charge on any atom is 0.182 e. The van der Waals surface area contributed by atoms with Crippen molar-refractivity contribution >= 4 is 34.1 Å². The van der Waals surface area contributed by atoms with Gasteiger partial charge >= 0.3 is 0 Å². The number of benzene rings is 7. The molecule has 0 aliphatic carbocycles. The van der Waals surface area contributed by atoms with Crippen LogP contribution in [0.2, 0.25) is 0 Å². The van der Waals surface area contributed by atoms with Crippen LogP contribution < -0.4 is 9.80 Å². The highest BCUT2D eigenvalue weighted by molar-refractivity contribution is 5.87. The van der Waals surface area contributed by atoms with E-state index in [1.165, 1.54) is 45.0 Å². The molecule has 0 saturated heterocycles. The largest absolute Gasteiger partial charge is 0.310 e. The van der Waals surface area contributed by atoms with Crippen LogP contribution in [0.4, 0.5) is 34.1 Å². The third-order valence-corrected chi connectivity index (χ3v) is 11.6. The van der Waals surface area contributed by atoms with Crippen molar-refractivity contribution in [2.45, 2.75) is 38.5 Å². The fourth-order valence-electron chi connectivity index (χ4n) is 8.79. The van der Waals surface area contributed by atoms with Crippen LogP contribution >= 0.6 is 0 Å². The lowest BCUT2D eigenvalue weighted by Gasteiger charge is -2.42. The summed E-state index contributed by atoms with van der Waals surface area (Å²) in [6.45, 7) is 9.28. The summed E-state index contributed by atoms with van der Waals surface area (Å²) in [4.78, 5) is 9.94. The number of anilines is 6. The van der Waals surface area contributed by atoms with E-state index in [2.05, 4.69) is 195 Å². The zero-order valence-electron chi connectivity index (χ0n) is 31.5. The van der Waals surface area contributed by atoms with E-state index in [1.54, 1.807) is 0 Å². The molecule has 0 unspecified atom stereocenters. The first kappa shape index (κ1) is 32.9. The zero-order valence-corrected chi connectivity index (χ0v) is 31.5. The number of hydrogen-bond donors (Lipinski definition) is 0. The molecule has 0 bridgehead atoms. The van der Waals surface area contributed by atoms with Crippen LogP contribution in [0, 0.1) is 0 Å². The zero-order chi connectivity index (χ0) is 37.3. The minimum absolute atomic E-state index is 0.110. The summed E-state index contributed by atoms with van der Waals surface area (Å²) in [5.74, 6) is 1.47. The molecule has 266 valence electrons. The van der Waals surface area contributed by atoms with Gasteiger partial charge in [-0.25, -0.2) is 9.67 Å². The van der Waals surface area contributed by atoms with Crippen molar-refractivity contribution in [2.24, 2.45) is 0 Å². The first-order chi connectivity index (χ1) is 26.8. The smallest absolute Gasteiger partial charge is 0.182 e. The summed E-state index contributed by atoms with van der Waals surface area (Å²) in [6, 6.07) is 62.7. The number of aromatic nitrogens is 3. The Labute approximate surface area is 322 Å². The first-order valence-electron chi connectivity index (χ1n) is 19.0. The Morgan fingerprint density at radius 3 is 1.16 bits per heavy atom. The van der Waals surface area contributed by atoms with Crippen molar-refractivity contribution in [3.8, 4) is 28.5 Å². The summed E-state index contributed by atoms with van der Waals surface area (Å²) >= 11 is 0. The second-order valence-electron chi connectivity index (χ2n) is 15.6. The van der Waals surface area contributed by atoms with E-state index in [9.17, 15) is 0 Å². The van der Waals surface area contributed by atoms with Crippen LogP contribution in [0.1, 0.15) is 49.9 Å². The molecular formula is C50H41N5. The van der Waals surface area contributed by atoms with Gasteiger partial charge in [0.2, 0.25) is 0 Å². The van der Waals surface area contributed by atoms with Crippen LogP contribution in [0.5, 0.6) is 0 Å². The van der Waals surface area contributed by atoms with Gasteiger partial charge in [-0.1, -0.05) is 131 Å². The Morgan fingerprint density at radius 2 is 0.727 bits per heavy atom. The predicted octanol–water partition coefficient (Wildman–Crippen LogP) is 12.8. The molecule has 0 N–H and O–H groups in total. The predicted molar refractivity (Wildman–Crippen MR) is 226 cm³/mol. The van der Waals surface area contributed by atoms with Crippen LogP contribution in [0.25, 0.3) is 28.5 Å².